The standard InChI is InChI=1S/C28H34N2O2S/c1-17-18(2)24(26(32)30-22-16-12-10-14-20(22)28(6,7)8)33-23(17)25(31)29-21-15-11-9-13-19(21)27(3,4)5/h9-16H,1-8H3,(H,29,31)(H,30,32). The van der Waals surface area contributed by atoms with Crippen molar-refractivity contribution in [3.63, 3.8) is 0 Å². The zero-order valence-corrected chi connectivity index (χ0v) is 21.7. The van der Waals surface area contributed by atoms with E-state index in [4.69, 9.17) is 0 Å². The van der Waals surface area contributed by atoms with Crippen molar-refractivity contribution in [1.29, 1.82) is 0 Å². The number of nitrogens with one attached hydrogen (secondary N) is 2. The van der Waals surface area contributed by atoms with Crippen molar-refractivity contribution in [2.75, 3.05) is 10.6 Å². The molecular formula is C28H34N2O2S. The van der Waals surface area contributed by atoms with Gasteiger partial charge in [0.25, 0.3) is 11.8 Å². The molecule has 0 radical (unpaired) electrons. The highest BCUT2D eigenvalue weighted by atomic mass is 32.1. The van der Waals surface area contributed by atoms with E-state index in [1.54, 1.807) is 0 Å². The van der Waals surface area contributed by atoms with Crippen LogP contribution in [0.1, 0.15) is 83.1 Å². The SMILES string of the molecule is Cc1c(C(=O)Nc2ccccc2C(C)(C)C)sc(C(=O)Nc2ccccc2C(C)(C)C)c1C. The largest absolute Gasteiger partial charge is 0.321 e. The summed E-state index contributed by atoms with van der Waals surface area (Å²) in [5.74, 6) is -0.377. The van der Waals surface area contributed by atoms with E-state index >= 15 is 0 Å². The fraction of sp³-hybridized carbons (Fsp3) is 0.357. The van der Waals surface area contributed by atoms with E-state index in [-0.39, 0.29) is 22.6 Å². The van der Waals surface area contributed by atoms with Crippen LogP contribution in [0.2, 0.25) is 0 Å². The van der Waals surface area contributed by atoms with Crippen molar-refractivity contribution in [2.45, 2.75) is 66.2 Å². The number of hydrogen-bond donors (Lipinski definition) is 2. The van der Waals surface area contributed by atoms with Crippen LogP contribution >= 0.6 is 11.3 Å². The third-order valence-corrected chi connectivity index (χ3v) is 7.22. The lowest BCUT2D eigenvalue weighted by atomic mass is 9.86. The van der Waals surface area contributed by atoms with E-state index in [1.807, 2.05) is 62.4 Å². The maximum absolute atomic E-state index is 13.2. The van der Waals surface area contributed by atoms with E-state index in [0.717, 1.165) is 33.6 Å². The minimum atomic E-state index is -0.188. The molecule has 33 heavy (non-hydrogen) atoms. The highest BCUT2D eigenvalue weighted by Crippen LogP contribution is 2.34. The van der Waals surface area contributed by atoms with E-state index in [9.17, 15) is 9.59 Å². The number of carbonyl (C=O) groups is 2. The van der Waals surface area contributed by atoms with Crippen LogP contribution in [0.25, 0.3) is 0 Å². The molecule has 0 aliphatic carbocycles. The summed E-state index contributed by atoms with van der Waals surface area (Å²) in [6.07, 6.45) is 0. The molecule has 0 aliphatic rings. The molecule has 2 N–H and O–H groups in total. The molecule has 4 nitrogen and oxygen atoms in total. The minimum Gasteiger partial charge on any atom is -0.321 e. The van der Waals surface area contributed by atoms with Gasteiger partial charge in [0.1, 0.15) is 0 Å². The molecule has 2 aromatic carbocycles. The molecular weight excluding hydrogens is 428 g/mol. The van der Waals surface area contributed by atoms with Crippen LogP contribution in [0.15, 0.2) is 48.5 Å². The van der Waals surface area contributed by atoms with Crippen molar-refractivity contribution < 1.29 is 9.59 Å². The Bertz CT molecular complexity index is 1100. The Labute approximate surface area is 201 Å². The second-order valence-electron chi connectivity index (χ2n) is 10.5. The molecule has 1 aromatic heterocycles. The van der Waals surface area contributed by atoms with Crippen LogP contribution in [-0.4, -0.2) is 11.8 Å². The van der Waals surface area contributed by atoms with Gasteiger partial charge in [0.2, 0.25) is 0 Å². The molecule has 0 saturated carbocycles. The fourth-order valence-corrected chi connectivity index (χ4v) is 4.98. The van der Waals surface area contributed by atoms with Crippen LogP contribution in [0.4, 0.5) is 11.4 Å². The number of para-hydroxylation sites is 2. The van der Waals surface area contributed by atoms with Gasteiger partial charge in [-0.25, -0.2) is 0 Å². The summed E-state index contributed by atoms with van der Waals surface area (Å²) in [4.78, 5) is 27.5. The Morgan fingerprint density at radius 3 is 1.30 bits per heavy atom. The number of benzene rings is 2. The lowest BCUT2D eigenvalue weighted by molar-refractivity contribution is 0.102. The van der Waals surface area contributed by atoms with Crippen molar-refractivity contribution in [3.8, 4) is 0 Å². The Morgan fingerprint density at radius 1 is 0.636 bits per heavy atom. The van der Waals surface area contributed by atoms with E-state index < -0.39 is 0 Å². The van der Waals surface area contributed by atoms with E-state index in [2.05, 4.69) is 52.2 Å². The number of amides is 2. The lowest BCUT2D eigenvalue weighted by Gasteiger charge is -2.23. The van der Waals surface area contributed by atoms with Crippen LogP contribution in [0.3, 0.4) is 0 Å². The third-order valence-electron chi connectivity index (χ3n) is 5.83. The number of rotatable bonds is 4. The monoisotopic (exact) mass is 462 g/mol. The number of thiophene rings is 1. The molecule has 0 aliphatic heterocycles. The number of hydrogen-bond acceptors (Lipinski definition) is 3. The topological polar surface area (TPSA) is 58.2 Å². The Morgan fingerprint density at radius 2 is 0.970 bits per heavy atom. The summed E-state index contributed by atoms with van der Waals surface area (Å²) < 4.78 is 0. The lowest BCUT2D eigenvalue weighted by Crippen LogP contribution is -2.18. The van der Waals surface area contributed by atoms with Crippen LogP contribution in [0.5, 0.6) is 0 Å². The normalized spacial score (nSPS) is 11.9. The summed E-state index contributed by atoms with van der Waals surface area (Å²) in [7, 11) is 0. The summed E-state index contributed by atoms with van der Waals surface area (Å²) in [6.45, 7) is 16.5. The Kier molecular flexibility index (Phi) is 6.85. The first-order valence-electron chi connectivity index (χ1n) is 11.2. The molecule has 0 spiro atoms. The average molecular weight is 463 g/mol. The van der Waals surface area contributed by atoms with Crippen LogP contribution in [-0.2, 0) is 10.8 Å². The maximum atomic E-state index is 13.2. The second kappa shape index (κ2) is 9.14. The van der Waals surface area contributed by atoms with Gasteiger partial charge < -0.3 is 10.6 Å². The second-order valence-corrected chi connectivity index (χ2v) is 11.5. The molecule has 3 rings (SSSR count). The maximum Gasteiger partial charge on any atom is 0.266 e. The van der Waals surface area contributed by atoms with Crippen molar-refractivity contribution in [2.24, 2.45) is 0 Å². The first-order valence-corrected chi connectivity index (χ1v) is 12.0. The molecule has 174 valence electrons. The first-order chi connectivity index (χ1) is 15.3. The average Bonchev–Trinajstić information content (AvgIpc) is 3.02. The smallest absolute Gasteiger partial charge is 0.266 e. The van der Waals surface area contributed by atoms with Crippen LogP contribution < -0.4 is 10.6 Å². The quantitative estimate of drug-likeness (QED) is 0.423. The fourth-order valence-electron chi connectivity index (χ4n) is 3.88. The summed E-state index contributed by atoms with van der Waals surface area (Å²) >= 11 is 1.24. The Balaban J connectivity index is 1.89. The number of anilines is 2. The van der Waals surface area contributed by atoms with Crippen molar-refractivity contribution in [1.82, 2.24) is 0 Å². The van der Waals surface area contributed by atoms with Gasteiger partial charge in [0.15, 0.2) is 0 Å². The highest BCUT2D eigenvalue weighted by Gasteiger charge is 2.25. The molecule has 0 atom stereocenters. The molecule has 0 saturated heterocycles. The molecule has 3 aromatic rings. The van der Waals surface area contributed by atoms with Gasteiger partial charge in [0.05, 0.1) is 9.75 Å². The molecule has 0 unspecified atom stereocenters. The summed E-state index contributed by atoms with van der Waals surface area (Å²) in [5, 5.41) is 6.14. The predicted octanol–water partition coefficient (Wildman–Crippen LogP) is 7.46. The molecule has 1 heterocycles. The van der Waals surface area contributed by atoms with Gasteiger partial charge in [-0.3, -0.25) is 9.59 Å². The summed E-state index contributed by atoms with van der Waals surface area (Å²) in [6, 6.07) is 15.7. The van der Waals surface area contributed by atoms with E-state index in [0.29, 0.717) is 9.75 Å². The van der Waals surface area contributed by atoms with E-state index in [1.165, 1.54) is 11.3 Å². The highest BCUT2D eigenvalue weighted by molar-refractivity contribution is 7.16. The molecule has 0 fully saturated rings. The summed E-state index contributed by atoms with van der Waals surface area (Å²) in [5.41, 5.74) is 5.20. The third kappa shape index (κ3) is 5.36. The van der Waals surface area contributed by atoms with Gasteiger partial charge >= 0.3 is 0 Å². The molecule has 2 amide bonds. The van der Waals surface area contributed by atoms with Gasteiger partial charge in [-0.2, -0.15) is 0 Å². The minimum absolute atomic E-state index is 0.101. The van der Waals surface area contributed by atoms with Gasteiger partial charge in [0, 0.05) is 11.4 Å². The Hall–Kier alpha value is -2.92. The number of carbonyl (C=O) groups excluding carboxylic acids is 2. The first kappa shape index (κ1) is 24.7. The van der Waals surface area contributed by atoms with Crippen molar-refractivity contribution in [3.05, 3.63) is 80.5 Å². The van der Waals surface area contributed by atoms with Crippen molar-refractivity contribution >= 4 is 34.5 Å². The molecule has 0 bridgehead atoms. The zero-order valence-electron chi connectivity index (χ0n) is 20.8. The van der Waals surface area contributed by atoms with Gasteiger partial charge in [-0.15, -0.1) is 11.3 Å². The molecule has 5 heteroatoms. The van der Waals surface area contributed by atoms with Gasteiger partial charge in [-0.05, 0) is 59.1 Å². The van der Waals surface area contributed by atoms with Crippen LogP contribution in [0, 0.1) is 13.8 Å². The predicted molar refractivity (Wildman–Crippen MR) is 140 cm³/mol. The van der Waals surface area contributed by atoms with Gasteiger partial charge in [-0.1, -0.05) is 77.9 Å². The zero-order chi connectivity index (χ0) is 24.6.